The van der Waals surface area contributed by atoms with E-state index in [1.165, 1.54) is 0 Å². The van der Waals surface area contributed by atoms with E-state index in [9.17, 15) is 4.39 Å². The van der Waals surface area contributed by atoms with Crippen LogP contribution in [0.2, 0.25) is 5.02 Å². The molecule has 94 valence electrons. The van der Waals surface area contributed by atoms with Crippen LogP contribution in [0, 0.1) is 12.7 Å². The van der Waals surface area contributed by atoms with E-state index in [0.29, 0.717) is 5.56 Å². The van der Waals surface area contributed by atoms with Gasteiger partial charge in [-0.3, -0.25) is 0 Å². The van der Waals surface area contributed by atoms with E-state index in [1.54, 1.807) is 18.2 Å². The Kier molecular flexibility index (Phi) is 4.00. The zero-order chi connectivity index (χ0) is 13.1. The lowest BCUT2D eigenvalue weighted by Crippen LogP contribution is -2.19. The summed E-state index contributed by atoms with van der Waals surface area (Å²) in [6.45, 7) is 2.02. The summed E-state index contributed by atoms with van der Waals surface area (Å²) < 4.78 is 14.1. The summed E-state index contributed by atoms with van der Waals surface area (Å²) in [5, 5.41) is 3.28. The Morgan fingerprint density at radius 3 is 2.56 bits per heavy atom. The van der Waals surface area contributed by atoms with Gasteiger partial charge in [0.2, 0.25) is 0 Å². The van der Waals surface area contributed by atoms with Crippen molar-refractivity contribution >= 4 is 11.6 Å². The molecule has 0 aliphatic heterocycles. The maximum atomic E-state index is 14.1. The van der Waals surface area contributed by atoms with Crippen molar-refractivity contribution in [2.24, 2.45) is 0 Å². The average molecular weight is 264 g/mol. The second-order valence-corrected chi connectivity index (χ2v) is 4.69. The molecule has 1 unspecified atom stereocenters. The zero-order valence-electron chi connectivity index (χ0n) is 10.4. The highest BCUT2D eigenvalue weighted by atomic mass is 35.5. The fraction of sp³-hybridized carbons (Fsp3) is 0.200. The van der Waals surface area contributed by atoms with Crippen LogP contribution in [0.4, 0.5) is 4.39 Å². The van der Waals surface area contributed by atoms with Gasteiger partial charge in [0.25, 0.3) is 0 Å². The van der Waals surface area contributed by atoms with Gasteiger partial charge in [-0.25, -0.2) is 4.39 Å². The molecule has 1 N–H and O–H groups in total. The molecule has 0 aromatic heterocycles. The molecule has 0 saturated carbocycles. The van der Waals surface area contributed by atoms with Gasteiger partial charge in [-0.1, -0.05) is 53.6 Å². The summed E-state index contributed by atoms with van der Waals surface area (Å²) in [4.78, 5) is 0. The second kappa shape index (κ2) is 5.51. The van der Waals surface area contributed by atoms with Gasteiger partial charge in [0.05, 0.1) is 11.1 Å². The van der Waals surface area contributed by atoms with Crippen LogP contribution in [0.25, 0.3) is 0 Å². The molecule has 0 heterocycles. The lowest BCUT2D eigenvalue weighted by Gasteiger charge is -2.18. The van der Waals surface area contributed by atoms with E-state index in [-0.39, 0.29) is 16.9 Å². The quantitative estimate of drug-likeness (QED) is 0.879. The first-order valence-electron chi connectivity index (χ1n) is 5.81. The molecule has 0 fully saturated rings. The SMILES string of the molecule is CNC(c1cccc(C)c1)c1cccc(Cl)c1F. The smallest absolute Gasteiger partial charge is 0.146 e. The van der Waals surface area contributed by atoms with Gasteiger partial charge in [0.15, 0.2) is 0 Å². The van der Waals surface area contributed by atoms with Crippen LogP contribution in [-0.2, 0) is 0 Å². The van der Waals surface area contributed by atoms with Gasteiger partial charge in [0, 0.05) is 5.56 Å². The molecule has 0 radical (unpaired) electrons. The van der Waals surface area contributed by atoms with E-state index in [0.717, 1.165) is 11.1 Å². The van der Waals surface area contributed by atoms with E-state index >= 15 is 0 Å². The van der Waals surface area contributed by atoms with Crippen LogP contribution in [-0.4, -0.2) is 7.05 Å². The molecular formula is C15H15ClFN. The Labute approximate surface area is 112 Å². The topological polar surface area (TPSA) is 12.0 Å². The number of hydrogen-bond donors (Lipinski definition) is 1. The largest absolute Gasteiger partial charge is 0.309 e. The molecule has 0 amide bonds. The molecule has 2 aromatic carbocycles. The molecule has 0 aliphatic rings. The fourth-order valence-corrected chi connectivity index (χ4v) is 2.28. The van der Waals surface area contributed by atoms with Gasteiger partial charge in [0.1, 0.15) is 5.82 Å². The van der Waals surface area contributed by atoms with Crippen LogP contribution in [0.1, 0.15) is 22.7 Å². The summed E-state index contributed by atoms with van der Waals surface area (Å²) >= 11 is 5.83. The molecule has 0 bridgehead atoms. The molecule has 0 spiro atoms. The summed E-state index contributed by atoms with van der Waals surface area (Å²) in [5.41, 5.74) is 2.74. The first kappa shape index (κ1) is 13.1. The predicted octanol–water partition coefficient (Wildman–Crippen LogP) is 4.10. The molecule has 1 nitrogen and oxygen atoms in total. The van der Waals surface area contributed by atoms with Crippen molar-refractivity contribution < 1.29 is 4.39 Å². The number of rotatable bonds is 3. The fourth-order valence-electron chi connectivity index (χ4n) is 2.09. The molecular weight excluding hydrogens is 249 g/mol. The minimum Gasteiger partial charge on any atom is -0.309 e. The van der Waals surface area contributed by atoms with Crippen LogP contribution in [0.5, 0.6) is 0 Å². The molecule has 2 aromatic rings. The van der Waals surface area contributed by atoms with Crippen molar-refractivity contribution in [3.8, 4) is 0 Å². The van der Waals surface area contributed by atoms with E-state index < -0.39 is 0 Å². The molecule has 0 aliphatic carbocycles. The third kappa shape index (κ3) is 2.55. The number of aryl methyl sites for hydroxylation is 1. The monoisotopic (exact) mass is 263 g/mol. The van der Waals surface area contributed by atoms with Gasteiger partial charge in [-0.05, 0) is 25.6 Å². The van der Waals surface area contributed by atoms with Crippen LogP contribution >= 0.6 is 11.6 Å². The highest BCUT2D eigenvalue weighted by Crippen LogP contribution is 2.28. The van der Waals surface area contributed by atoms with E-state index in [1.807, 2.05) is 38.2 Å². The van der Waals surface area contributed by atoms with Gasteiger partial charge >= 0.3 is 0 Å². The first-order valence-corrected chi connectivity index (χ1v) is 6.19. The summed E-state index contributed by atoms with van der Waals surface area (Å²) in [6, 6.07) is 12.9. The summed E-state index contributed by atoms with van der Waals surface area (Å²) in [7, 11) is 1.81. The Hall–Kier alpha value is -1.38. The predicted molar refractivity (Wildman–Crippen MR) is 73.5 cm³/mol. The normalized spacial score (nSPS) is 12.4. The van der Waals surface area contributed by atoms with E-state index in [4.69, 9.17) is 11.6 Å². The lowest BCUT2D eigenvalue weighted by atomic mass is 9.97. The number of hydrogen-bond acceptors (Lipinski definition) is 1. The molecule has 2 rings (SSSR count). The van der Waals surface area contributed by atoms with Crippen molar-refractivity contribution in [1.82, 2.24) is 5.32 Å². The minimum atomic E-state index is -0.361. The van der Waals surface area contributed by atoms with Crippen molar-refractivity contribution in [1.29, 1.82) is 0 Å². The first-order chi connectivity index (χ1) is 8.63. The standard InChI is InChI=1S/C15H15ClFN/c1-10-5-3-6-11(9-10)15(18-2)12-7-4-8-13(16)14(12)17/h3-9,15,18H,1-2H3. The molecule has 1 atom stereocenters. The Morgan fingerprint density at radius 2 is 1.89 bits per heavy atom. The Morgan fingerprint density at radius 1 is 1.17 bits per heavy atom. The van der Waals surface area contributed by atoms with Crippen LogP contribution in [0.15, 0.2) is 42.5 Å². The van der Waals surface area contributed by atoms with Gasteiger partial charge in [-0.2, -0.15) is 0 Å². The van der Waals surface area contributed by atoms with Crippen molar-refractivity contribution in [3.63, 3.8) is 0 Å². The van der Waals surface area contributed by atoms with Gasteiger partial charge < -0.3 is 5.32 Å². The molecule has 3 heteroatoms. The number of nitrogens with one attached hydrogen (secondary N) is 1. The third-order valence-electron chi connectivity index (χ3n) is 2.96. The average Bonchev–Trinajstić information content (AvgIpc) is 2.35. The van der Waals surface area contributed by atoms with Crippen molar-refractivity contribution in [2.75, 3.05) is 7.05 Å². The summed E-state index contributed by atoms with van der Waals surface area (Å²) in [6.07, 6.45) is 0. The number of benzene rings is 2. The summed E-state index contributed by atoms with van der Waals surface area (Å²) in [5.74, 6) is -0.361. The third-order valence-corrected chi connectivity index (χ3v) is 3.25. The van der Waals surface area contributed by atoms with Crippen LogP contribution in [0.3, 0.4) is 0 Å². The Balaban J connectivity index is 2.49. The van der Waals surface area contributed by atoms with Crippen molar-refractivity contribution in [2.45, 2.75) is 13.0 Å². The maximum absolute atomic E-state index is 14.1. The van der Waals surface area contributed by atoms with E-state index in [2.05, 4.69) is 5.32 Å². The number of halogens is 2. The second-order valence-electron chi connectivity index (χ2n) is 4.28. The highest BCUT2D eigenvalue weighted by molar-refractivity contribution is 6.30. The van der Waals surface area contributed by atoms with Gasteiger partial charge in [-0.15, -0.1) is 0 Å². The highest BCUT2D eigenvalue weighted by Gasteiger charge is 2.17. The zero-order valence-corrected chi connectivity index (χ0v) is 11.1. The minimum absolute atomic E-state index is 0.153. The molecule has 0 saturated heterocycles. The van der Waals surface area contributed by atoms with Crippen molar-refractivity contribution in [3.05, 3.63) is 70.0 Å². The maximum Gasteiger partial charge on any atom is 0.146 e. The molecule has 18 heavy (non-hydrogen) atoms. The lowest BCUT2D eigenvalue weighted by molar-refractivity contribution is 0.576. The Bertz CT molecular complexity index is 554. The van der Waals surface area contributed by atoms with Crippen LogP contribution < -0.4 is 5.32 Å².